The molecule has 0 bridgehead atoms. The maximum atomic E-state index is 9.72. The highest BCUT2D eigenvalue weighted by atomic mass is 15.0. The van der Waals surface area contributed by atoms with Gasteiger partial charge in [-0.25, -0.2) is 15.0 Å². The molecule has 0 spiro atoms. The van der Waals surface area contributed by atoms with Gasteiger partial charge in [0, 0.05) is 16.7 Å². The summed E-state index contributed by atoms with van der Waals surface area (Å²) in [6.45, 7) is 0. The van der Waals surface area contributed by atoms with Gasteiger partial charge >= 0.3 is 0 Å². The summed E-state index contributed by atoms with van der Waals surface area (Å²) in [6.07, 6.45) is 0. The third-order valence-corrected chi connectivity index (χ3v) is 12.1. The van der Waals surface area contributed by atoms with E-state index in [0.717, 1.165) is 49.2 Å². The minimum Gasteiger partial charge on any atom is -0.208 e. The Labute approximate surface area is 346 Å². The lowest BCUT2D eigenvalue weighted by Gasteiger charge is -2.17. The first-order valence-electron chi connectivity index (χ1n) is 20.2. The van der Waals surface area contributed by atoms with Gasteiger partial charge in [-0.2, -0.15) is 5.26 Å². The first-order chi connectivity index (χ1) is 29.7. The van der Waals surface area contributed by atoms with Crippen molar-refractivity contribution >= 4 is 43.1 Å². The van der Waals surface area contributed by atoms with Crippen molar-refractivity contribution in [3.05, 3.63) is 200 Å². The van der Waals surface area contributed by atoms with Gasteiger partial charge in [0.1, 0.15) is 0 Å². The normalized spacial score (nSPS) is 11.7. The zero-order chi connectivity index (χ0) is 39.7. The summed E-state index contributed by atoms with van der Waals surface area (Å²) in [5, 5.41) is 19.0. The highest BCUT2D eigenvalue weighted by molar-refractivity contribution is 6.24. The Morgan fingerprint density at radius 1 is 0.300 bits per heavy atom. The number of hydrogen-bond acceptors (Lipinski definition) is 4. The van der Waals surface area contributed by atoms with E-state index in [1.165, 1.54) is 55.1 Å². The Morgan fingerprint density at radius 3 is 1.52 bits per heavy atom. The summed E-state index contributed by atoms with van der Waals surface area (Å²) in [5.41, 5.74) is 13.2. The average Bonchev–Trinajstić information content (AvgIpc) is 3.65. The molecule has 0 saturated carbocycles. The Kier molecular flexibility index (Phi) is 7.57. The molecule has 11 aromatic rings. The minimum atomic E-state index is 0.631. The van der Waals surface area contributed by atoms with Crippen molar-refractivity contribution < 1.29 is 0 Å². The molecule has 0 radical (unpaired) electrons. The maximum absolute atomic E-state index is 9.72. The van der Waals surface area contributed by atoms with Crippen LogP contribution in [-0.4, -0.2) is 15.0 Å². The zero-order valence-corrected chi connectivity index (χ0v) is 32.3. The number of aromatic nitrogens is 3. The molecule has 1 heterocycles. The first-order valence-corrected chi connectivity index (χ1v) is 20.2. The highest BCUT2D eigenvalue weighted by Crippen LogP contribution is 2.52. The van der Waals surface area contributed by atoms with E-state index in [-0.39, 0.29) is 0 Å². The van der Waals surface area contributed by atoms with E-state index in [1.807, 2.05) is 78.9 Å². The third kappa shape index (κ3) is 5.34. The van der Waals surface area contributed by atoms with Gasteiger partial charge in [0.2, 0.25) is 0 Å². The highest BCUT2D eigenvalue weighted by Gasteiger charge is 2.25. The van der Waals surface area contributed by atoms with Crippen LogP contribution in [0.5, 0.6) is 0 Å². The molecule has 1 aromatic heterocycles. The van der Waals surface area contributed by atoms with Crippen LogP contribution in [-0.2, 0) is 0 Å². The second kappa shape index (κ2) is 13.4. The topological polar surface area (TPSA) is 62.5 Å². The van der Waals surface area contributed by atoms with E-state index in [4.69, 9.17) is 15.0 Å². The number of hydrogen-bond donors (Lipinski definition) is 0. The van der Waals surface area contributed by atoms with Gasteiger partial charge in [-0.1, -0.05) is 170 Å². The Morgan fingerprint density at radius 2 is 0.833 bits per heavy atom. The predicted octanol–water partition coefficient (Wildman–Crippen LogP) is 14.3. The predicted molar refractivity (Wildman–Crippen MR) is 246 cm³/mol. The van der Waals surface area contributed by atoms with Crippen LogP contribution < -0.4 is 0 Å². The molecule has 0 fully saturated rings. The standard InChI is InChI=1S/C56H32N4/c57-33-34-18-19-35-20-22-39(31-41(35)30-34)42-26-27-49-43-14-7-8-15-44(43)50-29-28-48(52(42)53(49)50)45-16-9-17-46-47(45)25-24-36-21-23-40(32-51(36)46)56-59-54(37-10-3-1-4-11-37)58-55(60-56)38-12-5-2-6-13-38/h1-32H. The maximum Gasteiger partial charge on any atom is 0.164 e. The molecule has 0 aliphatic heterocycles. The van der Waals surface area contributed by atoms with Gasteiger partial charge in [-0.05, 0) is 112 Å². The summed E-state index contributed by atoms with van der Waals surface area (Å²) in [6, 6.07) is 70.7. The van der Waals surface area contributed by atoms with Crippen molar-refractivity contribution in [2.75, 3.05) is 0 Å². The number of benzene rings is 10. The van der Waals surface area contributed by atoms with E-state index in [9.17, 15) is 5.26 Å². The van der Waals surface area contributed by atoms with Gasteiger partial charge in [-0.15, -0.1) is 0 Å². The number of rotatable bonds is 5. The molecular formula is C56H32N4. The van der Waals surface area contributed by atoms with Crippen LogP contribution >= 0.6 is 0 Å². The van der Waals surface area contributed by atoms with Gasteiger partial charge in [0.25, 0.3) is 0 Å². The zero-order valence-electron chi connectivity index (χ0n) is 32.3. The lowest BCUT2D eigenvalue weighted by atomic mass is 9.86. The molecule has 0 amide bonds. The van der Waals surface area contributed by atoms with Crippen molar-refractivity contribution in [3.8, 4) is 84.7 Å². The minimum absolute atomic E-state index is 0.631. The van der Waals surface area contributed by atoms with Crippen molar-refractivity contribution in [1.29, 1.82) is 5.26 Å². The van der Waals surface area contributed by atoms with E-state index in [2.05, 4.69) is 121 Å². The van der Waals surface area contributed by atoms with E-state index in [1.54, 1.807) is 0 Å². The summed E-state index contributed by atoms with van der Waals surface area (Å²) in [7, 11) is 0. The van der Waals surface area contributed by atoms with E-state index >= 15 is 0 Å². The van der Waals surface area contributed by atoms with Crippen molar-refractivity contribution in [3.63, 3.8) is 0 Å². The molecule has 0 saturated heterocycles. The molecular weight excluding hydrogens is 729 g/mol. The van der Waals surface area contributed by atoms with E-state index in [0.29, 0.717) is 23.0 Å². The second-order valence-corrected chi connectivity index (χ2v) is 15.4. The molecule has 1 aliphatic carbocycles. The summed E-state index contributed by atoms with van der Waals surface area (Å²) in [5.74, 6) is 1.91. The Hall–Kier alpha value is -8.26. The lowest BCUT2D eigenvalue weighted by Crippen LogP contribution is -2.00. The third-order valence-electron chi connectivity index (χ3n) is 12.1. The largest absolute Gasteiger partial charge is 0.208 e. The average molecular weight is 761 g/mol. The smallest absolute Gasteiger partial charge is 0.164 e. The molecule has 0 unspecified atom stereocenters. The fourth-order valence-corrected chi connectivity index (χ4v) is 9.25. The van der Waals surface area contributed by atoms with Gasteiger partial charge in [0.05, 0.1) is 11.6 Å². The molecule has 12 rings (SSSR count). The Bertz CT molecular complexity index is 3520. The van der Waals surface area contributed by atoms with Gasteiger partial charge < -0.3 is 0 Å². The molecule has 10 aromatic carbocycles. The number of fused-ring (bicyclic) bond motifs is 7. The van der Waals surface area contributed by atoms with Crippen LogP contribution in [0.4, 0.5) is 0 Å². The Balaban J connectivity index is 1.08. The summed E-state index contributed by atoms with van der Waals surface area (Å²) in [4.78, 5) is 15.0. The molecule has 60 heavy (non-hydrogen) atoms. The first kappa shape index (κ1) is 33.8. The molecule has 4 heteroatoms. The number of nitrogens with zero attached hydrogens (tertiary/aromatic N) is 4. The molecule has 1 aliphatic rings. The fourth-order valence-electron chi connectivity index (χ4n) is 9.25. The van der Waals surface area contributed by atoms with Crippen LogP contribution in [0.2, 0.25) is 0 Å². The van der Waals surface area contributed by atoms with E-state index < -0.39 is 0 Å². The molecule has 0 N–H and O–H groups in total. The van der Waals surface area contributed by atoms with Crippen LogP contribution in [0.1, 0.15) is 5.56 Å². The van der Waals surface area contributed by atoms with Gasteiger partial charge in [0.15, 0.2) is 17.5 Å². The van der Waals surface area contributed by atoms with Crippen molar-refractivity contribution in [2.45, 2.75) is 0 Å². The van der Waals surface area contributed by atoms with Crippen LogP contribution in [0.25, 0.3) is 122 Å². The number of nitriles is 1. The summed E-state index contributed by atoms with van der Waals surface area (Å²) < 4.78 is 0. The molecule has 276 valence electrons. The second-order valence-electron chi connectivity index (χ2n) is 15.4. The van der Waals surface area contributed by atoms with Crippen LogP contribution in [0.15, 0.2) is 194 Å². The molecule has 4 nitrogen and oxygen atoms in total. The SMILES string of the molecule is N#Cc1ccc2ccc(-c3ccc4c5c(ccc(-c6cccc7c6ccc6ccc(-c8nc(-c9ccccc9)nc(-c9ccccc9)n8)cc67)c35)-c3ccccc3-4)cc2c1. The quantitative estimate of drug-likeness (QED) is 0.164. The fraction of sp³-hybridized carbons (Fsp3) is 0. The summed E-state index contributed by atoms with van der Waals surface area (Å²) >= 11 is 0. The van der Waals surface area contributed by atoms with Crippen molar-refractivity contribution in [2.24, 2.45) is 0 Å². The monoisotopic (exact) mass is 760 g/mol. The van der Waals surface area contributed by atoms with Gasteiger partial charge in [-0.3, -0.25) is 0 Å². The van der Waals surface area contributed by atoms with Crippen molar-refractivity contribution in [1.82, 2.24) is 15.0 Å². The molecule has 0 atom stereocenters. The lowest BCUT2D eigenvalue weighted by molar-refractivity contribution is 1.07. The van der Waals surface area contributed by atoms with Crippen LogP contribution in [0, 0.1) is 11.3 Å². The van der Waals surface area contributed by atoms with Crippen LogP contribution in [0.3, 0.4) is 0 Å².